The van der Waals surface area contributed by atoms with E-state index >= 15 is 0 Å². The summed E-state index contributed by atoms with van der Waals surface area (Å²) in [6.45, 7) is 12.0. The molecule has 0 heterocycles. The van der Waals surface area contributed by atoms with Gasteiger partial charge >= 0.3 is 39.5 Å². The maximum Gasteiger partial charge on any atom is 0.472 e. The van der Waals surface area contributed by atoms with Crippen molar-refractivity contribution in [3.05, 3.63) is 0 Å². The topological polar surface area (TPSA) is 237 Å². The molecule has 0 aliphatic rings. The van der Waals surface area contributed by atoms with E-state index in [0.717, 1.165) is 108 Å². The van der Waals surface area contributed by atoms with E-state index in [2.05, 4.69) is 48.5 Å². The van der Waals surface area contributed by atoms with Gasteiger partial charge in [0.1, 0.15) is 19.3 Å². The highest BCUT2D eigenvalue weighted by Gasteiger charge is 2.30. The number of rotatable bonds is 82. The van der Waals surface area contributed by atoms with Crippen molar-refractivity contribution in [1.29, 1.82) is 0 Å². The predicted octanol–water partition coefficient (Wildman–Crippen LogP) is 25.3. The molecule has 0 bridgehead atoms. The number of aliphatic hydroxyl groups excluding tert-OH is 1. The summed E-state index contributed by atoms with van der Waals surface area (Å²) in [5, 5.41) is 10.7. The third-order valence-electron chi connectivity index (χ3n) is 19.6. The lowest BCUT2D eigenvalue weighted by Gasteiger charge is -2.21. The zero-order valence-corrected chi connectivity index (χ0v) is 69.6. The lowest BCUT2D eigenvalue weighted by atomic mass is 10.0. The number of esters is 4. The van der Waals surface area contributed by atoms with Gasteiger partial charge in [0.05, 0.1) is 26.4 Å². The molecule has 0 amide bonds. The van der Waals surface area contributed by atoms with Crippen molar-refractivity contribution in [2.75, 3.05) is 39.6 Å². The number of unbranched alkanes of at least 4 members (excludes halogenated alkanes) is 50. The normalized spacial score (nSPS) is 13.9. The van der Waals surface area contributed by atoms with Gasteiger partial charge in [0.2, 0.25) is 0 Å². The van der Waals surface area contributed by atoms with Gasteiger partial charge < -0.3 is 33.8 Å². The summed E-state index contributed by atoms with van der Waals surface area (Å²) in [4.78, 5) is 73.1. The van der Waals surface area contributed by atoms with Crippen molar-refractivity contribution in [3.63, 3.8) is 0 Å². The monoisotopic (exact) mass is 1510 g/mol. The second kappa shape index (κ2) is 74.2. The molecule has 0 aliphatic carbocycles. The first-order chi connectivity index (χ1) is 49.7. The number of phosphoric ester groups is 2. The van der Waals surface area contributed by atoms with Gasteiger partial charge in [-0.2, -0.15) is 0 Å². The molecule has 0 saturated carbocycles. The van der Waals surface area contributed by atoms with Crippen LogP contribution < -0.4 is 0 Å². The van der Waals surface area contributed by atoms with Crippen LogP contribution in [0.3, 0.4) is 0 Å². The number of aliphatic hydroxyl groups is 1. The van der Waals surface area contributed by atoms with Gasteiger partial charge in [-0.15, -0.1) is 0 Å². The van der Waals surface area contributed by atoms with Gasteiger partial charge in [-0.05, 0) is 43.4 Å². The minimum absolute atomic E-state index is 0.106. The third kappa shape index (κ3) is 78.0. The SMILES string of the molecule is CCCCCCCCCCCCCCCCCCCCCCC(=O)O[C@H](COC(=O)CCCCCCCCCCCCCCCCCC(C)C)COP(=O)(O)OC[C@@H](O)COP(=O)(O)OC[C@@H](COC(=O)CCCCCCCCCCC(C)C)OC(=O)CCCCCCCCCCCCCC(C)C. The van der Waals surface area contributed by atoms with Crippen LogP contribution in [-0.4, -0.2) is 96.7 Å². The minimum atomic E-state index is -4.96. The van der Waals surface area contributed by atoms with Crippen LogP contribution in [0.25, 0.3) is 0 Å². The Hall–Kier alpha value is -1.94. The van der Waals surface area contributed by atoms with Crippen LogP contribution in [0, 0.1) is 17.8 Å². The molecule has 0 radical (unpaired) electrons. The molecule has 3 N–H and O–H groups in total. The Kier molecular flexibility index (Phi) is 72.8. The molecule has 103 heavy (non-hydrogen) atoms. The Morgan fingerprint density at radius 3 is 0.660 bits per heavy atom. The summed E-state index contributed by atoms with van der Waals surface area (Å²) in [5.74, 6) is 0.190. The summed E-state index contributed by atoms with van der Waals surface area (Å²) in [5.41, 5.74) is 0. The number of phosphoric acid groups is 2. The first kappa shape index (κ1) is 101. The number of hydrogen-bond donors (Lipinski definition) is 3. The predicted molar refractivity (Wildman–Crippen MR) is 423 cm³/mol. The highest BCUT2D eigenvalue weighted by Crippen LogP contribution is 2.45. The molecule has 0 aromatic carbocycles. The fraction of sp³-hybridized carbons (Fsp3) is 0.952. The summed E-state index contributed by atoms with van der Waals surface area (Å²) in [6, 6.07) is 0. The Morgan fingerprint density at radius 2 is 0.447 bits per heavy atom. The second-order valence-electron chi connectivity index (χ2n) is 31.6. The van der Waals surface area contributed by atoms with E-state index < -0.39 is 97.5 Å². The van der Waals surface area contributed by atoms with E-state index in [1.807, 2.05) is 0 Å². The molecule has 0 fully saturated rings. The van der Waals surface area contributed by atoms with Crippen molar-refractivity contribution in [1.82, 2.24) is 0 Å². The van der Waals surface area contributed by atoms with Crippen molar-refractivity contribution < 1.29 is 80.2 Å². The van der Waals surface area contributed by atoms with Gasteiger partial charge in [-0.25, -0.2) is 9.13 Å². The largest absolute Gasteiger partial charge is 0.472 e. The maximum atomic E-state index is 13.1. The maximum absolute atomic E-state index is 13.1. The second-order valence-corrected chi connectivity index (χ2v) is 34.6. The molecule has 2 unspecified atom stereocenters. The van der Waals surface area contributed by atoms with Crippen molar-refractivity contribution in [2.24, 2.45) is 17.8 Å². The highest BCUT2D eigenvalue weighted by molar-refractivity contribution is 7.47. The smallest absolute Gasteiger partial charge is 0.462 e. The molecule has 0 spiro atoms. The van der Waals surface area contributed by atoms with Crippen LogP contribution in [0.1, 0.15) is 440 Å². The molecule has 612 valence electrons. The van der Waals surface area contributed by atoms with Gasteiger partial charge in [0, 0.05) is 25.7 Å². The third-order valence-corrected chi connectivity index (χ3v) is 21.5. The molecule has 0 aliphatic heterocycles. The molecular formula is C84H164O17P2. The van der Waals surface area contributed by atoms with E-state index in [-0.39, 0.29) is 25.7 Å². The van der Waals surface area contributed by atoms with Gasteiger partial charge in [0.15, 0.2) is 12.2 Å². The molecule has 5 atom stereocenters. The molecule has 0 rings (SSSR count). The van der Waals surface area contributed by atoms with Crippen LogP contribution >= 0.6 is 15.6 Å². The van der Waals surface area contributed by atoms with Gasteiger partial charge in [-0.1, -0.05) is 389 Å². The van der Waals surface area contributed by atoms with Gasteiger partial charge in [-0.3, -0.25) is 37.3 Å². The number of hydrogen-bond acceptors (Lipinski definition) is 15. The van der Waals surface area contributed by atoms with Crippen molar-refractivity contribution in [3.8, 4) is 0 Å². The zero-order chi connectivity index (χ0) is 75.8. The van der Waals surface area contributed by atoms with Crippen LogP contribution in [0.5, 0.6) is 0 Å². The quantitative estimate of drug-likeness (QED) is 0.0222. The van der Waals surface area contributed by atoms with Crippen LogP contribution in [0.15, 0.2) is 0 Å². The molecule has 17 nitrogen and oxygen atoms in total. The van der Waals surface area contributed by atoms with E-state index in [9.17, 15) is 43.2 Å². The van der Waals surface area contributed by atoms with Crippen molar-refractivity contribution in [2.45, 2.75) is 458 Å². The summed E-state index contributed by atoms with van der Waals surface area (Å²) >= 11 is 0. The highest BCUT2D eigenvalue weighted by atomic mass is 31.2. The lowest BCUT2D eigenvalue weighted by Crippen LogP contribution is -2.30. The average Bonchev–Trinajstić information content (AvgIpc) is 0.925. The minimum Gasteiger partial charge on any atom is -0.462 e. The van der Waals surface area contributed by atoms with Crippen molar-refractivity contribution >= 4 is 39.5 Å². The Bertz CT molecular complexity index is 1990. The molecular weight excluding hydrogens is 1340 g/mol. The fourth-order valence-corrected chi connectivity index (χ4v) is 14.6. The Labute approximate surface area is 632 Å². The Morgan fingerprint density at radius 1 is 0.262 bits per heavy atom. The average molecular weight is 1510 g/mol. The van der Waals surface area contributed by atoms with E-state index in [1.165, 1.54) is 250 Å². The van der Waals surface area contributed by atoms with Crippen LogP contribution in [0.4, 0.5) is 0 Å². The molecule has 0 aromatic rings. The zero-order valence-electron chi connectivity index (χ0n) is 67.8. The van der Waals surface area contributed by atoms with Gasteiger partial charge in [0.25, 0.3) is 0 Å². The first-order valence-corrected chi connectivity index (χ1v) is 46.3. The Balaban J connectivity index is 5.24. The van der Waals surface area contributed by atoms with E-state index in [0.29, 0.717) is 25.7 Å². The standard InChI is InChI=1S/C84H164O17P2/c1-8-9-10-11-12-13-14-15-16-17-18-19-20-23-27-32-37-46-53-60-67-83(88)100-79(71-94-81(86)65-58-51-44-36-31-26-24-21-22-25-29-34-41-48-55-62-75(2)3)73-98-102(90,91)96-69-78(85)70-97-103(92,93)99-74-80(72-95-82(87)66-59-52-45-40-39-43-50-57-64-77(6)7)101-84(89)68-61-54-47-38-33-28-30-35-42-49-56-63-76(4)5/h75-80,85H,8-74H2,1-7H3,(H,90,91)(H,92,93)/t78-,79-,80-/m1/s1. The summed E-state index contributed by atoms with van der Waals surface area (Å²) in [6.07, 6.45) is 63.9. The van der Waals surface area contributed by atoms with Crippen LogP contribution in [-0.2, 0) is 65.4 Å². The van der Waals surface area contributed by atoms with E-state index in [1.54, 1.807) is 0 Å². The summed E-state index contributed by atoms with van der Waals surface area (Å²) in [7, 11) is -9.93. The lowest BCUT2D eigenvalue weighted by molar-refractivity contribution is -0.161. The number of carbonyl (C=O) groups excluding carboxylic acids is 4. The van der Waals surface area contributed by atoms with Crippen LogP contribution in [0.2, 0.25) is 0 Å². The number of carbonyl (C=O) groups is 4. The molecule has 0 aromatic heterocycles. The summed E-state index contributed by atoms with van der Waals surface area (Å²) < 4.78 is 68.8. The fourth-order valence-electron chi connectivity index (χ4n) is 13.0. The molecule has 19 heteroatoms. The van der Waals surface area contributed by atoms with E-state index in [4.69, 9.17) is 37.0 Å². The first-order valence-electron chi connectivity index (χ1n) is 43.3. The number of ether oxygens (including phenoxy) is 4. The molecule has 0 saturated heterocycles.